The van der Waals surface area contributed by atoms with Crippen molar-refractivity contribution < 1.29 is 4.79 Å². The summed E-state index contributed by atoms with van der Waals surface area (Å²) in [5.74, 6) is 0.626. The maximum absolute atomic E-state index is 11.2. The van der Waals surface area contributed by atoms with Crippen molar-refractivity contribution in [1.82, 2.24) is 25.0 Å². The third kappa shape index (κ3) is 2.24. The first-order valence-electron chi connectivity index (χ1n) is 4.91. The van der Waals surface area contributed by atoms with Crippen LogP contribution in [-0.2, 0) is 13.1 Å². The van der Waals surface area contributed by atoms with Gasteiger partial charge >= 0.3 is 6.03 Å². The highest BCUT2D eigenvalue weighted by Gasteiger charge is 2.18. The Morgan fingerprint density at radius 3 is 3.00 bits per heavy atom. The highest BCUT2D eigenvalue weighted by Crippen LogP contribution is 1.97. The van der Waals surface area contributed by atoms with Crippen molar-refractivity contribution in [3.63, 3.8) is 0 Å². The van der Waals surface area contributed by atoms with E-state index in [1.807, 2.05) is 0 Å². The van der Waals surface area contributed by atoms with Crippen molar-refractivity contribution in [3.8, 4) is 0 Å². The van der Waals surface area contributed by atoms with Gasteiger partial charge in [-0.3, -0.25) is 4.68 Å². The molecule has 1 aliphatic heterocycles. The second-order valence-corrected chi connectivity index (χ2v) is 3.35. The van der Waals surface area contributed by atoms with Gasteiger partial charge in [0.1, 0.15) is 6.33 Å². The topological polar surface area (TPSA) is 89.1 Å². The molecule has 0 bridgehead atoms. The Morgan fingerprint density at radius 2 is 2.40 bits per heavy atom. The standard InChI is InChI=1S/C8H14N6O/c9-5-7-11-6-14(12-7)4-3-13-2-1-10-8(13)15/h6H,1-5,9H2,(H,10,15). The van der Waals surface area contributed by atoms with E-state index in [9.17, 15) is 4.79 Å². The van der Waals surface area contributed by atoms with Crippen LogP contribution in [0.2, 0.25) is 0 Å². The maximum atomic E-state index is 11.2. The number of carbonyl (C=O) groups is 1. The van der Waals surface area contributed by atoms with E-state index in [4.69, 9.17) is 5.73 Å². The zero-order valence-corrected chi connectivity index (χ0v) is 8.39. The number of carbonyl (C=O) groups excluding carboxylic acids is 1. The molecule has 0 saturated carbocycles. The van der Waals surface area contributed by atoms with E-state index in [1.54, 1.807) is 15.9 Å². The minimum atomic E-state index is -0.00540. The van der Waals surface area contributed by atoms with E-state index in [-0.39, 0.29) is 6.03 Å². The number of aromatic nitrogens is 3. The second kappa shape index (κ2) is 4.26. The summed E-state index contributed by atoms with van der Waals surface area (Å²) in [6.07, 6.45) is 1.64. The SMILES string of the molecule is NCc1ncn(CCN2CCNC2=O)n1. The first kappa shape index (κ1) is 9.91. The molecule has 3 N–H and O–H groups in total. The van der Waals surface area contributed by atoms with E-state index < -0.39 is 0 Å². The molecular formula is C8H14N6O. The van der Waals surface area contributed by atoms with Gasteiger partial charge in [0.2, 0.25) is 0 Å². The minimum Gasteiger partial charge on any atom is -0.336 e. The summed E-state index contributed by atoms with van der Waals surface area (Å²) in [7, 11) is 0. The summed E-state index contributed by atoms with van der Waals surface area (Å²) in [5, 5.41) is 6.88. The van der Waals surface area contributed by atoms with Gasteiger partial charge in [-0.1, -0.05) is 0 Å². The molecule has 0 aliphatic carbocycles. The molecule has 0 atom stereocenters. The van der Waals surface area contributed by atoms with Crippen LogP contribution in [0.5, 0.6) is 0 Å². The molecule has 82 valence electrons. The number of nitrogens with one attached hydrogen (secondary N) is 1. The largest absolute Gasteiger partial charge is 0.336 e. The number of amides is 2. The number of nitrogens with zero attached hydrogens (tertiary/aromatic N) is 4. The van der Waals surface area contributed by atoms with Crippen molar-refractivity contribution in [1.29, 1.82) is 0 Å². The lowest BCUT2D eigenvalue weighted by Crippen LogP contribution is -2.31. The molecule has 1 aromatic rings. The fourth-order valence-electron chi connectivity index (χ4n) is 1.48. The van der Waals surface area contributed by atoms with Gasteiger partial charge in [-0.05, 0) is 0 Å². The minimum absolute atomic E-state index is 0.00540. The van der Waals surface area contributed by atoms with E-state index in [2.05, 4.69) is 15.4 Å². The summed E-state index contributed by atoms with van der Waals surface area (Å²) < 4.78 is 1.70. The van der Waals surface area contributed by atoms with Crippen LogP contribution >= 0.6 is 0 Å². The summed E-state index contributed by atoms with van der Waals surface area (Å²) >= 11 is 0. The number of nitrogens with two attached hydrogens (primary N) is 1. The monoisotopic (exact) mass is 210 g/mol. The van der Waals surface area contributed by atoms with Crippen molar-refractivity contribution >= 4 is 6.03 Å². The average molecular weight is 210 g/mol. The molecular weight excluding hydrogens is 196 g/mol. The van der Waals surface area contributed by atoms with Gasteiger partial charge in [-0.25, -0.2) is 9.78 Å². The molecule has 0 spiro atoms. The molecule has 7 nitrogen and oxygen atoms in total. The summed E-state index contributed by atoms with van der Waals surface area (Å²) in [6.45, 7) is 3.14. The van der Waals surface area contributed by atoms with Crippen LogP contribution in [0.25, 0.3) is 0 Å². The predicted octanol–water partition coefficient (Wildman–Crippen LogP) is -1.24. The lowest BCUT2D eigenvalue weighted by molar-refractivity contribution is 0.215. The molecule has 15 heavy (non-hydrogen) atoms. The van der Waals surface area contributed by atoms with Crippen molar-refractivity contribution in [2.24, 2.45) is 5.73 Å². The molecule has 0 aromatic carbocycles. The fraction of sp³-hybridized carbons (Fsp3) is 0.625. The molecule has 1 saturated heterocycles. The van der Waals surface area contributed by atoms with Crippen LogP contribution in [0, 0.1) is 0 Å². The average Bonchev–Trinajstić information content (AvgIpc) is 2.84. The third-order valence-electron chi connectivity index (χ3n) is 2.31. The second-order valence-electron chi connectivity index (χ2n) is 3.35. The molecule has 1 fully saturated rings. The van der Waals surface area contributed by atoms with Crippen LogP contribution in [0.15, 0.2) is 6.33 Å². The molecule has 1 aromatic heterocycles. The molecule has 2 rings (SSSR count). The predicted molar refractivity (Wildman–Crippen MR) is 52.9 cm³/mol. The zero-order valence-electron chi connectivity index (χ0n) is 8.39. The first-order valence-corrected chi connectivity index (χ1v) is 4.91. The zero-order chi connectivity index (χ0) is 10.7. The normalized spacial score (nSPS) is 15.8. The number of urea groups is 1. The van der Waals surface area contributed by atoms with Gasteiger partial charge in [0, 0.05) is 19.6 Å². The summed E-state index contributed by atoms with van der Waals surface area (Å²) in [4.78, 5) is 17.0. The molecule has 2 amide bonds. The van der Waals surface area contributed by atoms with Crippen molar-refractivity contribution in [3.05, 3.63) is 12.2 Å². The maximum Gasteiger partial charge on any atom is 0.317 e. The molecule has 0 unspecified atom stereocenters. The number of hydrogen-bond acceptors (Lipinski definition) is 4. The van der Waals surface area contributed by atoms with Gasteiger partial charge in [0.25, 0.3) is 0 Å². The Kier molecular flexibility index (Phi) is 2.82. The Labute approximate surface area is 87.3 Å². The Morgan fingerprint density at radius 1 is 1.53 bits per heavy atom. The first-order chi connectivity index (χ1) is 7.29. The van der Waals surface area contributed by atoms with Gasteiger partial charge in [0.15, 0.2) is 5.82 Å². The van der Waals surface area contributed by atoms with Crippen LogP contribution in [0.4, 0.5) is 4.79 Å². The molecule has 0 radical (unpaired) electrons. The van der Waals surface area contributed by atoms with Gasteiger partial charge in [0.05, 0.1) is 13.1 Å². The molecule has 2 heterocycles. The summed E-state index contributed by atoms with van der Waals surface area (Å²) in [5.41, 5.74) is 5.39. The quantitative estimate of drug-likeness (QED) is 0.650. The van der Waals surface area contributed by atoms with Gasteiger partial charge < -0.3 is 16.0 Å². The van der Waals surface area contributed by atoms with Crippen molar-refractivity contribution in [2.75, 3.05) is 19.6 Å². The van der Waals surface area contributed by atoms with Crippen LogP contribution in [-0.4, -0.2) is 45.3 Å². The molecule has 7 heteroatoms. The van der Waals surface area contributed by atoms with Crippen LogP contribution in [0.3, 0.4) is 0 Å². The smallest absolute Gasteiger partial charge is 0.317 e. The Hall–Kier alpha value is -1.63. The highest BCUT2D eigenvalue weighted by molar-refractivity contribution is 5.76. The van der Waals surface area contributed by atoms with Crippen molar-refractivity contribution in [2.45, 2.75) is 13.1 Å². The lowest BCUT2D eigenvalue weighted by Gasteiger charge is -2.12. The third-order valence-corrected chi connectivity index (χ3v) is 2.31. The Bertz CT molecular complexity index is 349. The number of rotatable bonds is 4. The fourth-order valence-corrected chi connectivity index (χ4v) is 1.48. The van der Waals surface area contributed by atoms with E-state index >= 15 is 0 Å². The van der Waals surface area contributed by atoms with E-state index in [0.717, 1.165) is 13.1 Å². The highest BCUT2D eigenvalue weighted by atomic mass is 16.2. The Balaban J connectivity index is 1.84. The van der Waals surface area contributed by atoms with Crippen LogP contribution in [0.1, 0.15) is 5.82 Å². The van der Waals surface area contributed by atoms with Gasteiger partial charge in [-0.15, -0.1) is 0 Å². The van der Waals surface area contributed by atoms with Gasteiger partial charge in [-0.2, -0.15) is 5.10 Å². The molecule has 1 aliphatic rings. The summed E-state index contributed by atoms with van der Waals surface area (Å²) in [6, 6.07) is -0.00540. The van der Waals surface area contributed by atoms with Crippen LogP contribution < -0.4 is 11.1 Å². The van der Waals surface area contributed by atoms with E-state index in [0.29, 0.717) is 25.5 Å². The number of hydrogen-bond donors (Lipinski definition) is 2. The van der Waals surface area contributed by atoms with E-state index in [1.165, 1.54) is 0 Å². The lowest BCUT2D eigenvalue weighted by atomic mass is 10.5.